The van der Waals surface area contributed by atoms with Crippen LogP contribution in [0.25, 0.3) is 0 Å². The zero-order valence-corrected chi connectivity index (χ0v) is 18.3. The van der Waals surface area contributed by atoms with Crippen LogP contribution in [0.4, 0.5) is 8.78 Å². The van der Waals surface area contributed by atoms with Crippen molar-refractivity contribution >= 4 is 21.4 Å². The third-order valence-electron chi connectivity index (χ3n) is 7.12. The number of rotatable bonds is 2. The lowest BCUT2D eigenvalue weighted by Gasteiger charge is -2.54. The molecule has 2 fully saturated rings. The van der Waals surface area contributed by atoms with E-state index < -0.39 is 32.1 Å². The van der Waals surface area contributed by atoms with Crippen LogP contribution in [0.15, 0.2) is 53.6 Å². The van der Waals surface area contributed by atoms with Gasteiger partial charge in [0.2, 0.25) is 0 Å². The topological polar surface area (TPSA) is 55.4 Å². The Hall–Kier alpha value is -2.12. The molecule has 31 heavy (non-hydrogen) atoms. The van der Waals surface area contributed by atoms with E-state index in [-0.39, 0.29) is 41.2 Å². The molecule has 1 N–H and O–H groups in total. The first-order valence-corrected chi connectivity index (χ1v) is 12.2. The van der Waals surface area contributed by atoms with E-state index >= 15 is 4.39 Å². The summed E-state index contributed by atoms with van der Waals surface area (Å²) in [5.41, 5.74) is 0.741. The number of sulfone groups is 1. The molecule has 4 atom stereocenters. The summed E-state index contributed by atoms with van der Waals surface area (Å²) in [6.45, 7) is 4.02. The SMILES string of the molecule is C=C1CC[C@@H]2[C@@H](CC[C@@]3(S(=O)(=O)c4ccc(Cl)cc4)c4c(F)ccc(F)c4OC[C@@H]23)N1. The van der Waals surface area contributed by atoms with E-state index in [9.17, 15) is 12.8 Å². The van der Waals surface area contributed by atoms with Crippen LogP contribution in [0.2, 0.25) is 5.02 Å². The minimum absolute atomic E-state index is 0.00944. The molecule has 3 aliphatic rings. The lowest BCUT2D eigenvalue weighted by atomic mass is 9.63. The summed E-state index contributed by atoms with van der Waals surface area (Å²) in [4.78, 5) is 0.0463. The second-order valence-electron chi connectivity index (χ2n) is 8.59. The monoisotopic (exact) mass is 465 g/mol. The summed E-state index contributed by atoms with van der Waals surface area (Å²) in [5.74, 6) is -2.41. The molecular weight excluding hydrogens is 444 g/mol. The van der Waals surface area contributed by atoms with Crippen LogP contribution < -0.4 is 10.1 Å². The summed E-state index contributed by atoms with van der Waals surface area (Å²) in [6, 6.07) is 7.87. The van der Waals surface area contributed by atoms with Crippen molar-refractivity contribution in [1.82, 2.24) is 5.32 Å². The van der Waals surface area contributed by atoms with Crippen LogP contribution >= 0.6 is 11.6 Å². The van der Waals surface area contributed by atoms with Gasteiger partial charge >= 0.3 is 0 Å². The molecular formula is C23H22ClF2NO3S. The van der Waals surface area contributed by atoms with Gasteiger partial charge in [0, 0.05) is 22.7 Å². The van der Waals surface area contributed by atoms with Gasteiger partial charge in [0.1, 0.15) is 10.6 Å². The molecule has 2 aliphatic heterocycles. The zero-order valence-electron chi connectivity index (χ0n) is 16.7. The third kappa shape index (κ3) is 2.93. The lowest BCUT2D eigenvalue weighted by molar-refractivity contribution is 0.0427. The summed E-state index contributed by atoms with van der Waals surface area (Å²) < 4.78 is 62.5. The summed E-state index contributed by atoms with van der Waals surface area (Å²) >= 11 is 5.97. The van der Waals surface area contributed by atoms with Crippen LogP contribution in [-0.4, -0.2) is 21.1 Å². The molecule has 2 aromatic rings. The van der Waals surface area contributed by atoms with Gasteiger partial charge in [0.05, 0.1) is 17.1 Å². The van der Waals surface area contributed by atoms with E-state index in [2.05, 4.69) is 11.9 Å². The van der Waals surface area contributed by atoms with E-state index in [4.69, 9.17) is 16.3 Å². The van der Waals surface area contributed by atoms with Crippen molar-refractivity contribution in [3.05, 3.63) is 70.9 Å². The minimum Gasteiger partial charge on any atom is -0.490 e. The van der Waals surface area contributed by atoms with Crippen molar-refractivity contribution in [2.45, 2.75) is 41.4 Å². The van der Waals surface area contributed by atoms with Crippen molar-refractivity contribution in [3.8, 4) is 5.75 Å². The summed E-state index contributed by atoms with van der Waals surface area (Å²) in [6.07, 6.45) is 2.07. The average molecular weight is 466 g/mol. The van der Waals surface area contributed by atoms with Crippen molar-refractivity contribution in [3.63, 3.8) is 0 Å². The first-order valence-electron chi connectivity index (χ1n) is 10.3. The molecule has 0 amide bonds. The Morgan fingerprint density at radius 2 is 1.81 bits per heavy atom. The fraction of sp³-hybridized carbons (Fsp3) is 0.391. The number of allylic oxidation sites excluding steroid dienone is 1. The summed E-state index contributed by atoms with van der Waals surface area (Å²) in [7, 11) is -4.11. The number of ether oxygens (including phenoxy) is 1. The lowest BCUT2D eigenvalue weighted by Crippen LogP contribution is -2.60. The number of nitrogens with one attached hydrogen (secondary N) is 1. The molecule has 164 valence electrons. The Morgan fingerprint density at radius 3 is 2.55 bits per heavy atom. The van der Waals surface area contributed by atoms with Crippen molar-refractivity contribution in [2.24, 2.45) is 11.8 Å². The molecule has 0 spiro atoms. The maximum Gasteiger partial charge on any atom is 0.188 e. The minimum atomic E-state index is -4.11. The van der Waals surface area contributed by atoms with Gasteiger partial charge in [0.25, 0.3) is 0 Å². The van der Waals surface area contributed by atoms with Crippen molar-refractivity contribution in [2.75, 3.05) is 6.61 Å². The van der Waals surface area contributed by atoms with E-state index in [1.807, 2.05) is 0 Å². The van der Waals surface area contributed by atoms with Gasteiger partial charge in [-0.15, -0.1) is 0 Å². The highest BCUT2D eigenvalue weighted by molar-refractivity contribution is 7.92. The van der Waals surface area contributed by atoms with E-state index in [1.165, 1.54) is 24.3 Å². The highest BCUT2D eigenvalue weighted by Crippen LogP contribution is 2.59. The molecule has 0 bridgehead atoms. The Bertz CT molecular complexity index is 1170. The molecule has 0 radical (unpaired) electrons. The molecule has 1 aliphatic carbocycles. The molecule has 1 saturated heterocycles. The second kappa shape index (κ2) is 7.20. The Kier molecular flexibility index (Phi) is 4.83. The van der Waals surface area contributed by atoms with Gasteiger partial charge in [-0.3, -0.25) is 0 Å². The number of piperidine rings is 1. The van der Waals surface area contributed by atoms with Gasteiger partial charge in [0.15, 0.2) is 21.4 Å². The highest BCUT2D eigenvalue weighted by Gasteiger charge is 2.62. The molecule has 0 aromatic heterocycles. The molecule has 2 aromatic carbocycles. The normalized spacial score (nSPS) is 29.8. The van der Waals surface area contributed by atoms with E-state index in [1.54, 1.807) is 0 Å². The fourth-order valence-corrected chi connectivity index (χ4v) is 8.28. The van der Waals surface area contributed by atoms with Crippen molar-refractivity contribution in [1.29, 1.82) is 0 Å². The first-order chi connectivity index (χ1) is 14.8. The Balaban J connectivity index is 1.77. The van der Waals surface area contributed by atoms with Crippen LogP contribution in [0.1, 0.15) is 31.2 Å². The maximum atomic E-state index is 15.3. The Morgan fingerprint density at radius 1 is 1.10 bits per heavy atom. The molecule has 4 nitrogen and oxygen atoms in total. The summed E-state index contributed by atoms with van der Waals surface area (Å²) in [5, 5.41) is 3.79. The maximum absolute atomic E-state index is 15.3. The standard InChI is InChI=1S/C23H22ClF2NO3S/c1-13-2-7-16-17-12-30-22-19(26)9-8-18(25)21(22)23(17,11-10-20(16)27-13)31(28,29)15-5-3-14(24)4-6-15/h3-6,8-9,16-17,20,27H,1-2,7,10-12H2/t16-,17-,20+,23-/m0/s1. The molecule has 0 unspecified atom stereocenters. The predicted octanol–water partition coefficient (Wildman–Crippen LogP) is 4.97. The molecule has 1 saturated carbocycles. The van der Waals surface area contributed by atoms with Gasteiger partial charge < -0.3 is 10.1 Å². The van der Waals surface area contributed by atoms with E-state index in [0.29, 0.717) is 24.3 Å². The van der Waals surface area contributed by atoms with Gasteiger partial charge in [-0.2, -0.15) is 0 Å². The Labute approximate surface area is 185 Å². The van der Waals surface area contributed by atoms with E-state index in [0.717, 1.165) is 17.8 Å². The van der Waals surface area contributed by atoms with Crippen molar-refractivity contribution < 1.29 is 21.9 Å². The highest BCUT2D eigenvalue weighted by atomic mass is 35.5. The average Bonchev–Trinajstić information content (AvgIpc) is 2.75. The molecule has 5 rings (SSSR count). The van der Waals surface area contributed by atoms with Gasteiger partial charge in [-0.1, -0.05) is 18.2 Å². The van der Waals surface area contributed by atoms with Crippen LogP contribution in [-0.2, 0) is 14.6 Å². The number of benzene rings is 2. The number of hydrogen-bond donors (Lipinski definition) is 1. The number of fused-ring (bicyclic) bond motifs is 5. The number of hydrogen-bond acceptors (Lipinski definition) is 4. The quantitative estimate of drug-likeness (QED) is 0.680. The third-order valence-corrected chi connectivity index (χ3v) is 9.94. The van der Waals surface area contributed by atoms with Crippen LogP contribution in [0, 0.1) is 23.5 Å². The smallest absolute Gasteiger partial charge is 0.188 e. The predicted molar refractivity (Wildman–Crippen MR) is 114 cm³/mol. The van der Waals surface area contributed by atoms with Crippen LogP contribution in [0.5, 0.6) is 5.75 Å². The molecule has 8 heteroatoms. The van der Waals surface area contributed by atoms with Crippen LogP contribution in [0.3, 0.4) is 0 Å². The van der Waals surface area contributed by atoms with Gasteiger partial charge in [-0.05, 0) is 68.0 Å². The molecule has 2 heterocycles. The fourth-order valence-electron chi connectivity index (χ4n) is 5.75. The van der Waals surface area contributed by atoms with Gasteiger partial charge in [-0.25, -0.2) is 17.2 Å². The largest absolute Gasteiger partial charge is 0.490 e. The first kappa shape index (κ1) is 20.8. The second-order valence-corrected chi connectivity index (χ2v) is 11.2. The number of halogens is 3. The zero-order chi connectivity index (χ0) is 22.0.